The van der Waals surface area contributed by atoms with E-state index in [1.165, 1.54) is 18.2 Å². The molecule has 2 N–H and O–H groups in total. The van der Waals surface area contributed by atoms with Crippen LogP contribution in [0.2, 0.25) is 0 Å². The predicted molar refractivity (Wildman–Crippen MR) is 42.6 cm³/mol. The number of carboxylic acids is 2. The number of carbonyl (C=O) groups is 2. The second-order valence-corrected chi connectivity index (χ2v) is 2.19. The largest absolute Gasteiger partial charge is 1.00 e. The molecule has 14 heavy (non-hydrogen) atoms. The van der Waals surface area contributed by atoms with Crippen LogP contribution in [-0.2, 0) is 0 Å². The molecule has 1 aromatic carbocycles. The molecule has 0 spiro atoms. The van der Waals surface area contributed by atoms with E-state index in [-0.39, 0.29) is 73.1 Å². The van der Waals surface area contributed by atoms with Crippen molar-refractivity contribution in [2.75, 3.05) is 0 Å². The molecule has 0 amide bonds. The molecule has 0 unspecified atom stereocenters. The monoisotopic (exact) mass is 214 g/mol. The van der Waals surface area contributed by atoms with Crippen molar-refractivity contribution < 1.29 is 81.8 Å². The first-order valence-electron chi connectivity index (χ1n) is 3.18. The van der Waals surface area contributed by atoms with Gasteiger partial charge in [-0.1, -0.05) is 6.07 Å². The number of rotatable bonds is 2. The Morgan fingerprint density at radius 2 is 1.36 bits per heavy atom. The summed E-state index contributed by atoms with van der Waals surface area (Å²) in [5.74, 6) is -2.25. The van der Waals surface area contributed by atoms with E-state index in [1.807, 2.05) is 0 Å². The minimum Gasteiger partial charge on any atom is -1.00 e. The van der Waals surface area contributed by atoms with Crippen LogP contribution in [0, 0.1) is 0 Å². The molecular weight excluding hydrogens is 206 g/mol. The smallest absolute Gasteiger partial charge is 1.00 e. The van der Waals surface area contributed by atoms with Gasteiger partial charge in [0.25, 0.3) is 0 Å². The zero-order valence-corrected chi connectivity index (χ0v) is 12.0. The maximum absolute atomic E-state index is 10.4. The van der Waals surface area contributed by atoms with Crippen molar-refractivity contribution >= 4 is 11.9 Å². The fourth-order valence-electron chi connectivity index (χ4n) is 0.785. The van der Waals surface area contributed by atoms with E-state index in [1.54, 1.807) is 0 Å². The van der Waals surface area contributed by atoms with Crippen LogP contribution in [-0.4, -0.2) is 22.2 Å². The van der Waals surface area contributed by atoms with E-state index >= 15 is 0 Å². The molecule has 0 heterocycles. The van der Waals surface area contributed by atoms with E-state index in [0.717, 1.165) is 6.07 Å². The summed E-state index contributed by atoms with van der Waals surface area (Å²) >= 11 is 0. The van der Waals surface area contributed by atoms with E-state index < -0.39 is 11.9 Å². The molecule has 0 saturated carbocycles. The molecule has 0 radical (unpaired) electrons. The van der Waals surface area contributed by atoms with Crippen LogP contribution >= 0.6 is 0 Å². The maximum atomic E-state index is 10.4. The third kappa shape index (κ3) is 4.59. The van der Waals surface area contributed by atoms with Gasteiger partial charge in [-0.05, 0) is 18.2 Å². The molecule has 66 valence electrons. The summed E-state index contributed by atoms with van der Waals surface area (Å²) in [6.07, 6.45) is 0. The van der Waals surface area contributed by atoms with Gasteiger partial charge in [-0.25, -0.2) is 9.59 Å². The zero-order valence-electron chi connectivity index (χ0n) is 10.0. The summed E-state index contributed by atoms with van der Waals surface area (Å²) in [5, 5.41) is 17.0. The Hall–Kier alpha value is 0.160. The van der Waals surface area contributed by atoms with Crippen molar-refractivity contribution in [2.24, 2.45) is 0 Å². The van der Waals surface area contributed by atoms with Crippen molar-refractivity contribution in [3.05, 3.63) is 35.4 Å². The predicted octanol–water partition coefficient (Wildman–Crippen LogP) is -4.68. The van der Waals surface area contributed by atoms with Crippen molar-refractivity contribution in [3.8, 4) is 0 Å². The third-order valence-electron chi connectivity index (χ3n) is 1.36. The topological polar surface area (TPSA) is 74.6 Å². The SMILES string of the molecule is O=C(O)c1cccc(C(=O)O)c1.[H-].[H-].[Na+].[Na+]. The molecule has 1 aromatic rings. The van der Waals surface area contributed by atoms with Crippen LogP contribution < -0.4 is 59.1 Å². The van der Waals surface area contributed by atoms with Crippen LogP contribution in [0.25, 0.3) is 0 Å². The Morgan fingerprint density at radius 1 is 1.00 bits per heavy atom. The van der Waals surface area contributed by atoms with Gasteiger partial charge in [0.15, 0.2) is 0 Å². The number of aromatic carboxylic acids is 2. The van der Waals surface area contributed by atoms with Crippen molar-refractivity contribution in [1.82, 2.24) is 0 Å². The summed E-state index contributed by atoms with van der Waals surface area (Å²) in [4.78, 5) is 20.8. The van der Waals surface area contributed by atoms with Crippen LogP contribution in [0.3, 0.4) is 0 Å². The van der Waals surface area contributed by atoms with Gasteiger partial charge < -0.3 is 13.1 Å². The first-order chi connectivity index (χ1) is 5.61. The molecule has 0 bridgehead atoms. The average molecular weight is 214 g/mol. The van der Waals surface area contributed by atoms with Gasteiger partial charge in [-0.2, -0.15) is 0 Å². The summed E-state index contributed by atoms with van der Waals surface area (Å²) in [7, 11) is 0. The molecule has 0 aliphatic carbocycles. The normalized spacial score (nSPS) is 8.00. The maximum Gasteiger partial charge on any atom is 1.00 e. The van der Waals surface area contributed by atoms with E-state index in [4.69, 9.17) is 10.2 Å². The first-order valence-corrected chi connectivity index (χ1v) is 3.18. The van der Waals surface area contributed by atoms with Crippen LogP contribution in [0.1, 0.15) is 23.6 Å². The zero-order chi connectivity index (χ0) is 9.14. The molecule has 0 saturated heterocycles. The van der Waals surface area contributed by atoms with Gasteiger partial charge in [-0.15, -0.1) is 0 Å². The second kappa shape index (κ2) is 7.45. The number of hydrogen-bond acceptors (Lipinski definition) is 2. The number of benzene rings is 1. The van der Waals surface area contributed by atoms with Crippen LogP contribution in [0.15, 0.2) is 24.3 Å². The molecule has 0 fully saturated rings. The van der Waals surface area contributed by atoms with Gasteiger partial charge in [0.2, 0.25) is 0 Å². The third-order valence-corrected chi connectivity index (χ3v) is 1.36. The first kappa shape index (κ1) is 16.6. The fourth-order valence-corrected chi connectivity index (χ4v) is 0.785. The molecule has 6 heteroatoms. The fraction of sp³-hybridized carbons (Fsp3) is 0. The average Bonchev–Trinajstić information content (AvgIpc) is 2.04. The number of hydrogen-bond donors (Lipinski definition) is 2. The molecule has 0 aromatic heterocycles. The van der Waals surface area contributed by atoms with Gasteiger partial charge in [0, 0.05) is 0 Å². The molecule has 4 nitrogen and oxygen atoms in total. The van der Waals surface area contributed by atoms with E-state index in [0.29, 0.717) is 0 Å². The molecule has 0 aliphatic heterocycles. The van der Waals surface area contributed by atoms with Crippen LogP contribution in [0.4, 0.5) is 0 Å². The summed E-state index contributed by atoms with van der Waals surface area (Å²) in [6, 6.07) is 5.20. The summed E-state index contributed by atoms with van der Waals surface area (Å²) in [6.45, 7) is 0. The summed E-state index contributed by atoms with van der Waals surface area (Å²) in [5.41, 5.74) is -0.0372. The number of carboxylic acid groups (broad SMARTS) is 2. The van der Waals surface area contributed by atoms with E-state index in [9.17, 15) is 9.59 Å². The Morgan fingerprint density at radius 3 is 1.64 bits per heavy atom. The second-order valence-electron chi connectivity index (χ2n) is 2.19. The molecule has 1 rings (SSSR count). The Kier molecular flexibility index (Phi) is 8.83. The molecule has 0 aliphatic rings. The van der Waals surface area contributed by atoms with Crippen LogP contribution in [0.5, 0.6) is 0 Å². The quantitative estimate of drug-likeness (QED) is 0.485. The minimum atomic E-state index is -1.13. The standard InChI is InChI=1S/C8H6O4.2Na.2H/c9-7(10)5-2-1-3-6(4-5)8(11)12;;;;/h1-4H,(H,9,10)(H,11,12);;;;/q;2*+1;2*-1. The Labute approximate surface area is 128 Å². The minimum absolute atomic E-state index is 0. The van der Waals surface area contributed by atoms with Gasteiger partial charge in [-0.3, -0.25) is 0 Å². The Balaban J connectivity index is -0.000000180. The van der Waals surface area contributed by atoms with Gasteiger partial charge >= 0.3 is 71.1 Å². The van der Waals surface area contributed by atoms with E-state index in [2.05, 4.69) is 0 Å². The van der Waals surface area contributed by atoms with Crippen molar-refractivity contribution in [1.29, 1.82) is 0 Å². The Bertz CT molecular complexity index is 317. The van der Waals surface area contributed by atoms with Crippen molar-refractivity contribution in [2.45, 2.75) is 0 Å². The van der Waals surface area contributed by atoms with Gasteiger partial charge in [0.1, 0.15) is 0 Å². The summed E-state index contributed by atoms with van der Waals surface area (Å²) < 4.78 is 0. The van der Waals surface area contributed by atoms with Gasteiger partial charge in [0.05, 0.1) is 11.1 Å². The molecule has 0 atom stereocenters. The van der Waals surface area contributed by atoms with Crippen molar-refractivity contribution in [3.63, 3.8) is 0 Å². The molecular formula is C8H8Na2O4.